The number of aryl methyl sites for hydroxylation is 2. The van der Waals surface area contributed by atoms with Gasteiger partial charge in [-0.3, -0.25) is 4.90 Å². The van der Waals surface area contributed by atoms with Crippen LogP contribution in [0.1, 0.15) is 42.5 Å². The van der Waals surface area contributed by atoms with Gasteiger partial charge in [-0.1, -0.05) is 6.92 Å². The molecule has 0 bridgehead atoms. The van der Waals surface area contributed by atoms with E-state index in [1.807, 2.05) is 17.4 Å². The molecule has 1 saturated heterocycles. The Morgan fingerprint density at radius 3 is 2.78 bits per heavy atom. The summed E-state index contributed by atoms with van der Waals surface area (Å²) < 4.78 is 0. The fourth-order valence-electron chi connectivity index (χ4n) is 3.99. The topological polar surface area (TPSA) is 54.8 Å². The van der Waals surface area contributed by atoms with Gasteiger partial charge in [-0.05, 0) is 74.5 Å². The average molecular weight is 398 g/mol. The highest BCUT2D eigenvalue weighted by Crippen LogP contribution is 2.41. The van der Waals surface area contributed by atoms with Gasteiger partial charge in [0, 0.05) is 22.7 Å². The van der Waals surface area contributed by atoms with E-state index in [9.17, 15) is 0 Å². The highest BCUT2D eigenvalue weighted by atomic mass is 32.2. The molecule has 0 radical (unpaired) electrons. The first-order valence-corrected chi connectivity index (χ1v) is 11.4. The van der Waals surface area contributed by atoms with E-state index >= 15 is 0 Å². The summed E-state index contributed by atoms with van der Waals surface area (Å²) in [6.07, 6.45) is 9.71. The van der Waals surface area contributed by atoms with Crippen molar-refractivity contribution in [2.75, 3.05) is 13.1 Å². The molecule has 0 saturated carbocycles. The lowest BCUT2D eigenvalue weighted by atomic mass is 9.99. The molecule has 2 aliphatic rings. The summed E-state index contributed by atoms with van der Waals surface area (Å²) in [5.74, 6) is 1.78. The molecule has 0 atom stereocenters. The number of thiophene rings is 1. The van der Waals surface area contributed by atoms with Crippen molar-refractivity contribution in [2.24, 2.45) is 5.92 Å². The van der Waals surface area contributed by atoms with Crippen molar-refractivity contribution < 1.29 is 0 Å². The molecule has 140 valence electrons. The monoisotopic (exact) mass is 397 g/mol. The zero-order valence-corrected chi connectivity index (χ0v) is 17.2. The average Bonchev–Trinajstić information content (AvgIpc) is 3.25. The number of aromatic nitrogens is 4. The molecule has 0 spiro atoms. The fraction of sp³-hybridized carbons (Fsp3) is 0.500. The van der Waals surface area contributed by atoms with Crippen LogP contribution >= 0.6 is 23.1 Å². The third-order valence-electron chi connectivity index (χ3n) is 5.55. The summed E-state index contributed by atoms with van der Waals surface area (Å²) in [5, 5.41) is 3.04. The Bertz CT molecular complexity index is 948. The predicted molar refractivity (Wildman–Crippen MR) is 109 cm³/mol. The minimum atomic E-state index is 0.758. The second kappa shape index (κ2) is 7.45. The molecule has 0 aromatic carbocycles. The highest BCUT2D eigenvalue weighted by Gasteiger charge is 2.24. The number of rotatable bonds is 4. The molecule has 1 aliphatic heterocycles. The Balaban J connectivity index is 1.51. The van der Waals surface area contributed by atoms with Crippen molar-refractivity contribution in [3.63, 3.8) is 0 Å². The molecule has 1 aliphatic carbocycles. The molecule has 0 amide bonds. The van der Waals surface area contributed by atoms with Crippen molar-refractivity contribution in [1.82, 2.24) is 24.8 Å². The Morgan fingerprint density at radius 1 is 1.15 bits per heavy atom. The van der Waals surface area contributed by atoms with Crippen LogP contribution < -0.4 is 0 Å². The summed E-state index contributed by atoms with van der Waals surface area (Å²) in [4.78, 5) is 23.9. The number of piperidine rings is 1. The molecule has 5 nitrogen and oxygen atoms in total. The Labute approximate surface area is 167 Å². The van der Waals surface area contributed by atoms with Gasteiger partial charge in [0.15, 0.2) is 5.16 Å². The summed E-state index contributed by atoms with van der Waals surface area (Å²) in [5.41, 5.74) is 1.46. The molecule has 27 heavy (non-hydrogen) atoms. The molecule has 4 heterocycles. The van der Waals surface area contributed by atoms with Gasteiger partial charge >= 0.3 is 0 Å². The quantitative estimate of drug-likeness (QED) is 0.482. The van der Waals surface area contributed by atoms with E-state index in [2.05, 4.69) is 21.8 Å². The van der Waals surface area contributed by atoms with E-state index in [4.69, 9.17) is 9.97 Å². The van der Waals surface area contributed by atoms with Crippen LogP contribution in [0.3, 0.4) is 0 Å². The molecule has 1 fully saturated rings. The minimum absolute atomic E-state index is 0.758. The number of nitrogens with zero attached hydrogens (tertiary/aromatic N) is 5. The van der Waals surface area contributed by atoms with Gasteiger partial charge in [-0.25, -0.2) is 19.9 Å². The van der Waals surface area contributed by atoms with Crippen molar-refractivity contribution in [1.29, 1.82) is 0 Å². The lowest BCUT2D eigenvalue weighted by molar-refractivity contribution is 0.181. The maximum atomic E-state index is 5.00. The maximum Gasteiger partial charge on any atom is 0.193 e. The van der Waals surface area contributed by atoms with Crippen molar-refractivity contribution in [2.45, 2.75) is 55.8 Å². The van der Waals surface area contributed by atoms with Crippen molar-refractivity contribution in [3.8, 4) is 0 Å². The van der Waals surface area contributed by atoms with Gasteiger partial charge in [0.05, 0.1) is 6.54 Å². The van der Waals surface area contributed by atoms with Crippen LogP contribution in [-0.4, -0.2) is 37.9 Å². The van der Waals surface area contributed by atoms with Gasteiger partial charge in [0.25, 0.3) is 0 Å². The van der Waals surface area contributed by atoms with E-state index in [-0.39, 0.29) is 0 Å². The number of hydrogen-bond acceptors (Lipinski definition) is 7. The van der Waals surface area contributed by atoms with Crippen LogP contribution in [0.15, 0.2) is 28.6 Å². The second-order valence-corrected chi connectivity index (χ2v) is 9.61. The summed E-state index contributed by atoms with van der Waals surface area (Å²) >= 11 is 3.44. The fourth-order valence-corrected chi connectivity index (χ4v) is 6.21. The number of fused-ring (bicyclic) bond motifs is 3. The predicted octanol–water partition coefficient (Wildman–Crippen LogP) is 4.35. The standard InChI is InChI=1S/C20H23N5S2/c1-13-6-10-25(11-7-13)12-16-23-18-17(14-4-2-5-15(14)26-18)19(24-16)27-20-21-8-3-9-22-20/h3,8-9,13H,2,4-7,10-12H2,1H3. The van der Waals surface area contributed by atoms with Gasteiger partial charge in [-0.2, -0.15) is 0 Å². The number of likely N-dealkylation sites (tertiary alicyclic amines) is 1. The zero-order chi connectivity index (χ0) is 18.2. The van der Waals surface area contributed by atoms with Crippen LogP contribution in [0.25, 0.3) is 10.2 Å². The second-order valence-electron chi connectivity index (χ2n) is 7.57. The zero-order valence-electron chi connectivity index (χ0n) is 15.5. The molecule has 0 N–H and O–H groups in total. The molecule has 0 unspecified atom stereocenters. The first kappa shape index (κ1) is 17.5. The summed E-state index contributed by atoms with van der Waals surface area (Å²) in [7, 11) is 0. The smallest absolute Gasteiger partial charge is 0.193 e. The van der Waals surface area contributed by atoms with Gasteiger partial charge in [0.1, 0.15) is 15.7 Å². The molecular formula is C20H23N5S2. The van der Waals surface area contributed by atoms with Crippen LogP contribution in [0.5, 0.6) is 0 Å². The maximum absolute atomic E-state index is 5.00. The molecule has 7 heteroatoms. The van der Waals surface area contributed by atoms with E-state index in [1.54, 1.807) is 24.2 Å². The SMILES string of the molecule is CC1CCN(Cc2nc(Sc3ncccn3)c3c4c(sc3n2)CCC4)CC1. The molecule has 3 aromatic rings. The van der Waals surface area contributed by atoms with Gasteiger partial charge < -0.3 is 0 Å². The molecule has 5 rings (SSSR count). The lowest BCUT2D eigenvalue weighted by Crippen LogP contribution is -2.33. The number of hydrogen-bond donors (Lipinski definition) is 0. The van der Waals surface area contributed by atoms with E-state index in [0.717, 1.165) is 52.8 Å². The minimum Gasteiger partial charge on any atom is -0.296 e. The van der Waals surface area contributed by atoms with E-state index < -0.39 is 0 Å². The lowest BCUT2D eigenvalue weighted by Gasteiger charge is -2.29. The highest BCUT2D eigenvalue weighted by molar-refractivity contribution is 7.99. The van der Waals surface area contributed by atoms with Crippen LogP contribution in [0.4, 0.5) is 0 Å². The van der Waals surface area contributed by atoms with E-state index in [0.29, 0.717) is 0 Å². The third-order valence-corrected chi connectivity index (χ3v) is 7.62. The van der Waals surface area contributed by atoms with Gasteiger partial charge in [0.2, 0.25) is 0 Å². The summed E-state index contributed by atoms with van der Waals surface area (Å²) in [6.45, 7) is 5.48. The van der Waals surface area contributed by atoms with Crippen LogP contribution in [-0.2, 0) is 19.4 Å². The Kier molecular flexibility index (Phi) is 4.83. The first-order chi connectivity index (χ1) is 13.3. The van der Waals surface area contributed by atoms with Gasteiger partial charge in [-0.15, -0.1) is 11.3 Å². The van der Waals surface area contributed by atoms with Crippen LogP contribution in [0, 0.1) is 5.92 Å². The largest absolute Gasteiger partial charge is 0.296 e. The molecule has 3 aromatic heterocycles. The Morgan fingerprint density at radius 2 is 1.96 bits per heavy atom. The normalized spacial score (nSPS) is 18.3. The van der Waals surface area contributed by atoms with Crippen molar-refractivity contribution in [3.05, 3.63) is 34.7 Å². The van der Waals surface area contributed by atoms with E-state index in [1.165, 1.54) is 41.5 Å². The van der Waals surface area contributed by atoms with Crippen LogP contribution in [0.2, 0.25) is 0 Å². The first-order valence-electron chi connectivity index (χ1n) is 9.74. The molecular weight excluding hydrogens is 374 g/mol. The third kappa shape index (κ3) is 3.60. The summed E-state index contributed by atoms with van der Waals surface area (Å²) in [6, 6.07) is 1.85. The Hall–Kier alpha value is -1.57. The van der Waals surface area contributed by atoms with Crippen molar-refractivity contribution >= 4 is 33.3 Å².